The Labute approximate surface area is 163 Å². The number of fused-ring (bicyclic) bond motifs is 3. The van der Waals surface area contributed by atoms with Gasteiger partial charge in [-0.3, -0.25) is 14.4 Å². The van der Waals surface area contributed by atoms with Crippen LogP contribution in [0.15, 0.2) is 12.1 Å². The Morgan fingerprint density at radius 3 is 2.57 bits per heavy atom. The highest BCUT2D eigenvalue weighted by Crippen LogP contribution is 2.38. The van der Waals surface area contributed by atoms with Gasteiger partial charge in [-0.15, -0.1) is 0 Å². The van der Waals surface area contributed by atoms with E-state index in [-0.39, 0.29) is 30.7 Å². The SMILES string of the molecule is O=C(CCN1COc2cc3c(cc2C1=O)OC1CCCN1C3=O)N1CCCC1. The predicted octanol–water partition coefficient (Wildman–Crippen LogP) is 1.45. The van der Waals surface area contributed by atoms with Gasteiger partial charge in [-0.2, -0.15) is 0 Å². The molecule has 4 heterocycles. The summed E-state index contributed by atoms with van der Waals surface area (Å²) in [4.78, 5) is 43.0. The Kier molecular flexibility index (Phi) is 4.14. The molecule has 0 saturated carbocycles. The quantitative estimate of drug-likeness (QED) is 0.787. The molecule has 1 unspecified atom stereocenters. The number of benzene rings is 1. The number of ether oxygens (including phenoxy) is 2. The Bertz CT molecular complexity index is 848. The highest BCUT2D eigenvalue weighted by Gasteiger charge is 2.39. The number of hydrogen-bond acceptors (Lipinski definition) is 5. The lowest BCUT2D eigenvalue weighted by Crippen LogP contribution is -2.44. The maximum absolute atomic E-state index is 12.9. The number of nitrogens with zero attached hydrogens (tertiary/aromatic N) is 3. The molecule has 4 aliphatic rings. The zero-order chi connectivity index (χ0) is 19.3. The predicted molar refractivity (Wildman–Crippen MR) is 98.1 cm³/mol. The number of hydrogen-bond donors (Lipinski definition) is 0. The third kappa shape index (κ3) is 2.78. The van der Waals surface area contributed by atoms with Crippen molar-refractivity contribution in [1.29, 1.82) is 0 Å². The van der Waals surface area contributed by atoms with Gasteiger partial charge >= 0.3 is 0 Å². The highest BCUT2D eigenvalue weighted by molar-refractivity contribution is 6.03. The molecule has 1 atom stereocenters. The van der Waals surface area contributed by atoms with Gasteiger partial charge < -0.3 is 24.2 Å². The van der Waals surface area contributed by atoms with E-state index < -0.39 is 0 Å². The van der Waals surface area contributed by atoms with Crippen LogP contribution in [0.5, 0.6) is 11.5 Å². The van der Waals surface area contributed by atoms with Gasteiger partial charge in [0, 0.05) is 39.0 Å². The number of carbonyl (C=O) groups is 3. The maximum Gasteiger partial charge on any atom is 0.260 e. The summed E-state index contributed by atoms with van der Waals surface area (Å²) in [5.41, 5.74) is 0.834. The number of carbonyl (C=O) groups excluding carboxylic acids is 3. The van der Waals surface area contributed by atoms with Crippen LogP contribution in [0.25, 0.3) is 0 Å². The third-order valence-electron chi connectivity index (χ3n) is 5.98. The van der Waals surface area contributed by atoms with Crippen LogP contribution in [0.3, 0.4) is 0 Å². The molecule has 0 radical (unpaired) electrons. The molecular formula is C20H23N3O5. The number of rotatable bonds is 3. The van der Waals surface area contributed by atoms with E-state index in [2.05, 4.69) is 0 Å². The fourth-order valence-electron chi connectivity index (χ4n) is 4.40. The van der Waals surface area contributed by atoms with Crippen LogP contribution >= 0.6 is 0 Å². The van der Waals surface area contributed by atoms with Gasteiger partial charge in [0.1, 0.15) is 11.5 Å². The molecule has 8 nitrogen and oxygen atoms in total. The largest absolute Gasteiger partial charge is 0.472 e. The van der Waals surface area contributed by atoms with Crippen LogP contribution in [-0.2, 0) is 4.79 Å². The van der Waals surface area contributed by atoms with Crippen molar-refractivity contribution in [2.45, 2.75) is 38.3 Å². The minimum Gasteiger partial charge on any atom is -0.472 e. The summed E-state index contributed by atoms with van der Waals surface area (Å²) < 4.78 is 11.7. The summed E-state index contributed by atoms with van der Waals surface area (Å²) in [5.74, 6) is 0.667. The van der Waals surface area contributed by atoms with Gasteiger partial charge in [-0.25, -0.2) is 0 Å². The monoisotopic (exact) mass is 385 g/mol. The Morgan fingerprint density at radius 1 is 1.00 bits per heavy atom. The Morgan fingerprint density at radius 2 is 1.75 bits per heavy atom. The van der Waals surface area contributed by atoms with Crippen molar-refractivity contribution in [2.24, 2.45) is 0 Å². The normalized spacial score (nSPS) is 23.1. The summed E-state index contributed by atoms with van der Waals surface area (Å²) in [6.07, 6.45) is 3.86. The van der Waals surface area contributed by atoms with Crippen molar-refractivity contribution in [3.63, 3.8) is 0 Å². The molecule has 0 spiro atoms. The standard InChI is InChI=1S/C20H23N3O5/c24-17(21-6-1-2-7-21)5-9-22-12-27-15-10-14-16(11-13(15)19(22)25)28-18-4-3-8-23(18)20(14)26/h10-11,18H,1-9,12H2. The van der Waals surface area contributed by atoms with Crippen LogP contribution in [0.2, 0.25) is 0 Å². The Balaban J connectivity index is 1.33. The van der Waals surface area contributed by atoms with Gasteiger partial charge in [0.15, 0.2) is 13.0 Å². The molecule has 3 amide bonds. The molecule has 5 rings (SSSR count). The average Bonchev–Trinajstić information content (AvgIpc) is 3.39. The molecule has 0 N–H and O–H groups in total. The molecule has 28 heavy (non-hydrogen) atoms. The van der Waals surface area contributed by atoms with E-state index >= 15 is 0 Å². The molecule has 1 aromatic rings. The van der Waals surface area contributed by atoms with Crippen LogP contribution < -0.4 is 9.47 Å². The van der Waals surface area contributed by atoms with Gasteiger partial charge in [0.05, 0.1) is 11.1 Å². The van der Waals surface area contributed by atoms with E-state index in [1.165, 1.54) is 4.90 Å². The second-order valence-corrected chi connectivity index (χ2v) is 7.74. The maximum atomic E-state index is 12.9. The fourth-order valence-corrected chi connectivity index (χ4v) is 4.40. The molecule has 0 bridgehead atoms. The second kappa shape index (κ2) is 6.68. The van der Waals surface area contributed by atoms with E-state index in [1.807, 2.05) is 4.90 Å². The smallest absolute Gasteiger partial charge is 0.260 e. The lowest BCUT2D eigenvalue weighted by Gasteiger charge is -2.34. The summed E-state index contributed by atoms with van der Waals surface area (Å²) in [6.45, 7) is 2.71. The van der Waals surface area contributed by atoms with Gasteiger partial charge in [0.2, 0.25) is 5.91 Å². The first-order chi connectivity index (χ1) is 13.6. The molecule has 1 aromatic carbocycles. The molecule has 2 saturated heterocycles. The summed E-state index contributed by atoms with van der Waals surface area (Å²) >= 11 is 0. The lowest BCUT2D eigenvalue weighted by atomic mass is 10.0. The van der Waals surface area contributed by atoms with E-state index in [9.17, 15) is 14.4 Å². The van der Waals surface area contributed by atoms with Crippen LogP contribution in [0.4, 0.5) is 0 Å². The number of likely N-dealkylation sites (tertiary alicyclic amines) is 1. The summed E-state index contributed by atoms with van der Waals surface area (Å²) in [6, 6.07) is 3.24. The summed E-state index contributed by atoms with van der Waals surface area (Å²) in [7, 11) is 0. The minimum absolute atomic E-state index is 0.0683. The van der Waals surface area contributed by atoms with E-state index in [1.54, 1.807) is 17.0 Å². The molecule has 8 heteroatoms. The van der Waals surface area contributed by atoms with Crippen LogP contribution in [0, 0.1) is 0 Å². The van der Waals surface area contributed by atoms with Crippen molar-refractivity contribution in [3.05, 3.63) is 23.3 Å². The molecule has 2 fully saturated rings. The molecular weight excluding hydrogens is 362 g/mol. The van der Waals surface area contributed by atoms with Crippen molar-refractivity contribution in [3.8, 4) is 11.5 Å². The zero-order valence-corrected chi connectivity index (χ0v) is 15.7. The number of amides is 3. The first-order valence-corrected chi connectivity index (χ1v) is 9.97. The fraction of sp³-hybridized carbons (Fsp3) is 0.550. The first-order valence-electron chi connectivity index (χ1n) is 9.97. The van der Waals surface area contributed by atoms with Crippen LogP contribution in [-0.4, -0.2) is 71.6 Å². The van der Waals surface area contributed by atoms with Crippen molar-refractivity contribution < 1.29 is 23.9 Å². The van der Waals surface area contributed by atoms with Crippen molar-refractivity contribution in [2.75, 3.05) is 32.9 Å². The van der Waals surface area contributed by atoms with Gasteiger partial charge in [0.25, 0.3) is 11.8 Å². The van der Waals surface area contributed by atoms with Gasteiger partial charge in [-0.1, -0.05) is 0 Å². The lowest BCUT2D eigenvalue weighted by molar-refractivity contribution is -0.130. The highest BCUT2D eigenvalue weighted by atomic mass is 16.5. The van der Waals surface area contributed by atoms with Gasteiger partial charge in [-0.05, 0) is 31.4 Å². The average molecular weight is 385 g/mol. The molecule has 0 aliphatic carbocycles. The topological polar surface area (TPSA) is 79.4 Å². The van der Waals surface area contributed by atoms with Crippen molar-refractivity contribution in [1.82, 2.24) is 14.7 Å². The molecule has 148 valence electrons. The Hall–Kier alpha value is -2.77. The molecule has 0 aromatic heterocycles. The van der Waals surface area contributed by atoms with E-state index in [4.69, 9.17) is 9.47 Å². The second-order valence-electron chi connectivity index (χ2n) is 7.74. The zero-order valence-electron chi connectivity index (χ0n) is 15.7. The first kappa shape index (κ1) is 17.3. The molecule has 4 aliphatic heterocycles. The summed E-state index contributed by atoms with van der Waals surface area (Å²) in [5, 5.41) is 0. The van der Waals surface area contributed by atoms with E-state index in [0.717, 1.165) is 38.8 Å². The minimum atomic E-state index is -0.244. The van der Waals surface area contributed by atoms with Crippen LogP contribution in [0.1, 0.15) is 52.8 Å². The van der Waals surface area contributed by atoms with Crippen molar-refractivity contribution >= 4 is 17.7 Å². The van der Waals surface area contributed by atoms with E-state index in [0.29, 0.717) is 42.1 Å². The third-order valence-corrected chi connectivity index (χ3v) is 5.98.